The Balaban J connectivity index is 3.16. The third-order valence-electron chi connectivity index (χ3n) is 0.356. The molecule has 0 saturated heterocycles. The number of hydrogen-bond donors (Lipinski definition) is 0. The Bertz CT molecular complexity index is 62.7. The molecule has 0 aromatic rings. The van der Waals surface area contributed by atoms with Crippen LogP contribution in [0, 0.1) is 0 Å². The van der Waals surface area contributed by atoms with Gasteiger partial charge in [-0.25, -0.2) is 0 Å². The Morgan fingerprint density at radius 1 is 2.17 bits per heavy atom. The molecule has 0 aromatic carbocycles. The SMILES string of the molecule is [2H]C=CC(Cl)CCl. The van der Waals surface area contributed by atoms with Gasteiger partial charge in [0.15, 0.2) is 0 Å². The van der Waals surface area contributed by atoms with E-state index in [1.807, 2.05) is 0 Å². The Morgan fingerprint density at radius 2 is 2.83 bits per heavy atom. The predicted octanol–water partition coefficient (Wildman–Crippen LogP) is 2.02. The number of hydrogen-bond acceptors (Lipinski definition) is 0. The maximum Gasteiger partial charge on any atom is 0.0648 e. The molecule has 2 heteroatoms. The summed E-state index contributed by atoms with van der Waals surface area (Å²) in [6.07, 6.45) is 1.52. The molecule has 0 amide bonds. The molecule has 0 fully saturated rings. The third kappa shape index (κ3) is 2.55. The van der Waals surface area contributed by atoms with Crippen LogP contribution in [0.2, 0.25) is 0 Å². The summed E-state index contributed by atoms with van der Waals surface area (Å²) < 4.78 is 6.51. The summed E-state index contributed by atoms with van der Waals surface area (Å²) in [4.78, 5) is 0. The van der Waals surface area contributed by atoms with Crippen LogP contribution >= 0.6 is 23.2 Å². The second kappa shape index (κ2) is 3.51. The monoisotopic (exact) mass is 125 g/mol. The van der Waals surface area contributed by atoms with Gasteiger partial charge < -0.3 is 0 Å². The van der Waals surface area contributed by atoms with Crippen LogP contribution in [0.25, 0.3) is 0 Å². The molecule has 0 aliphatic carbocycles. The van der Waals surface area contributed by atoms with Crippen LogP contribution in [0.3, 0.4) is 0 Å². The molecule has 0 saturated carbocycles. The molecular formula is C4H6Cl2. The van der Waals surface area contributed by atoms with Gasteiger partial charge >= 0.3 is 0 Å². The standard InChI is InChI=1S/C4H6Cl2/c1-2-4(6)3-5/h2,4H,1,3H2/i1D. The zero-order valence-corrected chi connectivity index (χ0v) is 4.71. The summed E-state index contributed by atoms with van der Waals surface area (Å²) >= 11 is 10.7. The van der Waals surface area contributed by atoms with Crippen molar-refractivity contribution < 1.29 is 1.37 Å². The van der Waals surface area contributed by atoms with Crippen molar-refractivity contribution in [3.05, 3.63) is 12.6 Å². The Morgan fingerprint density at radius 3 is 3.00 bits per heavy atom. The first-order chi connectivity index (χ1) is 3.31. The van der Waals surface area contributed by atoms with Crippen LogP contribution in [-0.4, -0.2) is 11.3 Å². The summed E-state index contributed by atoms with van der Waals surface area (Å²) in [5.74, 6) is 0.372. The fraction of sp³-hybridized carbons (Fsp3) is 0.500. The fourth-order valence-electron chi connectivity index (χ4n) is 0.0514. The van der Waals surface area contributed by atoms with Crippen LogP contribution < -0.4 is 0 Å². The fourth-order valence-corrected chi connectivity index (χ4v) is 0.154. The summed E-state index contributed by atoms with van der Waals surface area (Å²) in [7, 11) is 0. The molecule has 0 N–H and O–H groups in total. The van der Waals surface area contributed by atoms with E-state index in [1.54, 1.807) is 0 Å². The van der Waals surface area contributed by atoms with Crippen molar-refractivity contribution in [3.8, 4) is 0 Å². The van der Waals surface area contributed by atoms with E-state index >= 15 is 0 Å². The highest BCUT2D eigenvalue weighted by Crippen LogP contribution is 1.96. The largest absolute Gasteiger partial charge is 0.125 e. The molecule has 0 spiro atoms. The lowest BCUT2D eigenvalue weighted by Gasteiger charge is -1.89. The highest BCUT2D eigenvalue weighted by atomic mass is 35.5. The van der Waals surface area contributed by atoms with Gasteiger partial charge in [-0.15, -0.1) is 29.8 Å². The molecule has 0 rings (SSSR count). The van der Waals surface area contributed by atoms with E-state index in [0.717, 1.165) is 6.55 Å². The first kappa shape index (κ1) is 4.48. The van der Waals surface area contributed by atoms with E-state index in [0.29, 0.717) is 5.88 Å². The minimum atomic E-state index is -0.181. The smallest absolute Gasteiger partial charge is 0.0648 e. The zero-order valence-electron chi connectivity index (χ0n) is 4.20. The summed E-state index contributed by atoms with van der Waals surface area (Å²) in [5.41, 5.74) is 0. The lowest BCUT2D eigenvalue weighted by Crippen LogP contribution is -1.90. The molecule has 36 valence electrons. The number of rotatable bonds is 2. The van der Waals surface area contributed by atoms with E-state index < -0.39 is 0 Å². The predicted molar refractivity (Wildman–Crippen MR) is 30.6 cm³/mol. The quantitative estimate of drug-likeness (QED) is 0.392. The van der Waals surface area contributed by atoms with Crippen LogP contribution in [0.1, 0.15) is 1.37 Å². The summed E-state index contributed by atoms with van der Waals surface area (Å²) in [6, 6.07) is 0. The normalized spacial score (nSPS) is 18.0. The van der Waals surface area contributed by atoms with Gasteiger partial charge in [0.05, 0.1) is 6.75 Å². The summed E-state index contributed by atoms with van der Waals surface area (Å²) in [6.45, 7) is 1.14. The van der Waals surface area contributed by atoms with E-state index in [1.165, 1.54) is 6.08 Å². The summed E-state index contributed by atoms with van der Waals surface area (Å²) in [5, 5.41) is -0.181. The Kier molecular flexibility index (Phi) is 2.62. The van der Waals surface area contributed by atoms with Crippen molar-refractivity contribution in [3.63, 3.8) is 0 Å². The van der Waals surface area contributed by atoms with E-state index in [9.17, 15) is 0 Å². The zero-order chi connectivity index (χ0) is 5.70. The molecule has 0 aliphatic heterocycles. The topological polar surface area (TPSA) is 0 Å². The van der Waals surface area contributed by atoms with Gasteiger partial charge in [-0.1, -0.05) is 6.08 Å². The highest BCUT2D eigenvalue weighted by molar-refractivity contribution is 6.28. The van der Waals surface area contributed by atoms with Crippen LogP contribution in [0.4, 0.5) is 0 Å². The van der Waals surface area contributed by atoms with Gasteiger partial charge in [0, 0.05) is 5.88 Å². The van der Waals surface area contributed by atoms with E-state index in [4.69, 9.17) is 24.6 Å². The minimum Gasteiger partial charge on any atom is -0.125 e. The van der Waals surface area contributed by atoms with Gasteiger partial charge in [-0.3, -0.25) is 0 Å². The average Bonchev–Trinajstić information content (AvgIpc) is 1.68. The van der Waals surface area contributed by atoms with Crippen molar-refractivity contribution in [2.45, 2.75) is 5.38 Å². The molecule has 0 radical (unpaired) electrons. The third-order valence-corrected chi connectivity index (χ3v) is 1.15. The minimum absolute atomic E-state index is 0.181. The van der Waals surface area contributed by atoms with E-state index in [2.05, 4.69) is 0 Å². The van der Waals surface area contributed by atoms with Crippen molar-refractivity contribution in [1.82, 2.24) is 0 Å². The molecule has 0 bridgehead atoms. The molecule has 0 aromatic heterocycles. The molecule has 0 heterocycles. The lowest BCUT2D eigenvalue weighted by atomic mass is 10.5. The molecule has 0 nitrogen and oxygen atoms in total. The highest BCUT2D eigenvalue weighted by Gasteiger charge is 1.89. The first-order valence-electron chi connectivity index (χ1n) is 2.14. The van der Waals surface area contributed by atoms with E-state index in [-0.39, 0.29) is 5.38 Å². The molecule has 1 unspecified atom stereocenters. The number of halogens is 2. The van der Waals surface area contributed by atoms with Gasteiger partial charge in [0.25, 0.3) is 0 Å². The van der Waals surface area contributed by atoms with Gasteiger partial charge in [-0.05, 0) is 0 Å². The second-order valence-electron chi connectivity index (χ2n) is 0.863. The van der Waals surface area contributed by atoms with Crippen LogP contribution in [0.15, 0.2) is 12.6 Å². The van der Waals surface area contributed by atoms with Gasteiger partial charge in [-0.2, -0.15) is 0 Å². The Hall–Kier alpha value is 0.320. The molecular weight excluding hydrogens is 119 g/mol. The molecule has 0 aliphatic rings. The van der Waals surface area contributed by atoms with Crippen molar-refractivity contribution >= 4 is 23.2 Å². The van der Waals surface area contributed by atoms with Gasteiger partial charge in [0.2, 0.25) is 0 Å². The number of allylic oxidation sites excluding steroid dienone is 1. The number of alkyl halides is 2. The van der Waals surface area contributed by atoms with Crippen LogP contribution in [-0.2, 0) is 0 Å². The Labute approximate surface area is 49.2 Å². The van der Waals surface area contributed by atoms with Crippen molar-refractivity contribution in [2.24, 2.45) is 0 Å². The molecule has 1 atom stereocenters. The van der Waals surface area contributed by atoms with Crippen LogP contribution in [0.5, 0.6) is 0 Å². The first-order valence-corrected chi connectivity index (χ1v) is 2.53. The lowest BCUT2D eigenvalue weighted by molar-refractivity contribution is 1.25. The maximum atomic E-state index is 6.51. The maximum absolute atomic E-state index is 6.51. The average molecular weight is 126 g/mol. The van der Waals surface area contributed by atoms with Crippen molar-refractivity contribution in [2.75, 3.05) is 5.88 Å². The van der Waals surface area contributed by atoms with Crippen molar-refractivity contribution in [1.29, 1.82) is 0 Å². The second-order valence-corrected chi connectivity index (χ2v) is 1.73. The van der Waals surface area contributed by atoms with Gasteiger partial charge in [0.1, 0.15) is 0 Å². The molecule has 6 heavy (non-hydrogen) atoms.